The Labute approximate surface area is 133 Å². The van der Waals surface area contributed by atoms with E-state index in [0.717, 1.165) is 0 Å². The second-order valence-electron chi connectivity index (χ2n) is 5.46. The Morgan fingerprint density at radius 3 is 2.78 bits per heavy atom. The maximum atomic E-state index is 12.2. The number of benzene rings is 1. The van der Waals surface area contributed by atoms with Crippen molar-refractivity contribution < 1.29 is 19.2 Å². The van der Waals surface area contributed by atoms with E-state index in [1.54, 1.807) is 32.0 Å². The Morgan fingerprint density at radius 1 is 1.43 bits per heavy atom. The van der Waals surface area contributed by atoms with Crippen LogP contribution in [0.4, 0.5) is 5.69 Å². The fraction of sp³-hybridized carbons (Fsp3) is 0.312. The van der Waals surface area contributed by atoms with Gasteiger partial charge in [-0.25, -0.2) is 0 Å². The van der Waals surface area contributed by atoms with E-state index in [0.29, 0.717) is 11.3 Å². The van der Waals surface area contributed by atoms with E-state index in [2.05, 4.69) is 5.32 Å². The lowest BCUT2D eigenvalue weighted by atomic mass is 10.1. The molecule has 7 nitrogen and oxygen atoms in total. The SMILES string of the molecule is Cc1cc(C(=O)NC(C)CC(O)c2ccco2)cc([N+](=O)[O-])c1. The van der Waals surface area contributed by atoms with Crippen molar-refractivity contribution in [2.45, 2.75) is 32.4 Å². The first-order chi connectivity index (χ1) is 10.9. The molecule has 0 aliphatic rings. The molecule has 0 fully saturated rings. The number of furan rings is 1. The van der Waals surface area contributed by atoms with Gasteiger partial charge in [0.15, 0.2) is 0 Å². The molecule has 2 atom stereocenters. The zero-order valence-corrected chi connectivity index (χ0v) is 12.9. The first kappa shape index (κ1) is 16.7. The number of carbonyl (C=O) groups excluding carboxylic acids is 1. The number of nitro groups is 1. The highest BCUT2D eigenvalue weighted by atomic mass is 16.6. The maximum absolute atomic E-state index is 12.2. The monoisotopic (exact) mass is 318 g/mol. The number of carbonyl (C=O) groups is 1. The fourth-order valence-electron chi connectivity index (χ4n) is 2.30. The molecular weight excluding hydrogens is 300 g/mol. The van der Waals surface area contributed by atoms with Crippen molar-refractivity contribution >= 4 is 11.6 Å². The van der Waals surface area contributed by atoms with Crippen molar-refractivity contribution in [2.75, 3.05) is 0 Å². The number of aryl methyl sites for hydroxylation is 1. The zero-order chi connectivity index (χ0) is 17.0. The minimum atomic E-state index is -0.827. The van der Waals surface area contributed by atoms with Gasteiger partial charge in [-0.15, -0.1) is 0 Å². The van der Waals surface area contributed by atoms with Crippen molar-refractivity contribution in [3.63, 3.8) is 0 Å². The van der Waals surface area contributed by atoms with E-state index < -0.39 is 16.9 Å². The number of aliphatic hydroxyl groups is 1. The van der Waals surface area contributed by atoms with Gasteiger partial charge in [0, 0.05) is 30.2 Å². The molecule has 0 bridgehead atoms. The van der Waals surface area contributed by atoms with Gasteiger partial charge in [0.1, 0.15) is 11.9 Å². The molecule has 1 aromatic heterocycles. The van der Waals surface area contributed by atoms with Gasteiger partial charge in [0.2, 0.25) is 0 Å². The molecule has 2 aromatic rings. The summed E-state index contributed by atoms with van der Waals surface area (Å²) in [4.78, 5) is 22.5. The molecule has 2 N–H and O–H groups in total. The molecule has 23 heavy (non-hydrogen) atoms. The first-order valence-corrected chi connectivity index (χ1v) is 7.15. The van der Waals surface area contributed by atoms with Crippen LogP contribution in [-0.2, 0) is 0 Å². The summed E-state index contributed by atoms with van der Waals surface area (Å²) in [5.74, 6) is 0.00763. The quantitative estimate of drug-likeness (QED) is 0.629. The number of hydrogen-bond acceptors (Lipinski definition) is 5. The largest absolute Gasteiger partial charge is 0.467 e. The van der Waals surface area contributed by atoms with Crippen LogP contribution in [0.15, 0.2) is 41.0 Å². The Hall–Kier alpha value is -2.67. The summed E-state index contributed by atoms with van der Waals surface area (Å²) in [5.41, 5.74) is 0.724. The molecule has 0 aliphatic carbocycles. The lowest BCUT2D eigenvalue weighted by molar-refractivity contribution is -0.384. The lowest BCUT2D eigenvalue weighted by Crippen LogP contribution is -2.33. The number of nitrogens with one attached hydrogen (secondary N) is 1. The molecule has 0 radical (unpaired) electrons. The van der Waals surface area contributed by atoms with Crippen LogP contribution >= 0.6 is 0 Å². The standard InChI is InChI=1S/C16H18N2O5/c1-10-6-12(9-13(7-10)18(21)22)16(20)17-11(2)8-14(19)15-4-3-5-23-15/h3-7,9,11,14,19H,8H2,1-2H3,(H,17,20). The second-order valence-corrected chi connectivity index (χ2v) is 5.46. The van der Waals surface area contributed by atoms with Gasteiger partial charge in [-0.2, -0.15) is 0 Å². The highest BCUT2D eigenvalue weighted by molar-refractivity contribution is 5.95. The summed E-state index contributed by atoms with van der Waals surface area (Å²) in [7, 11) is 0. The number of non-ortho nitro benzene ring substituents is 1. The lowest BCUT2D eigenvalue weighted by Gasteiger charge is -2.17. The number of aliphatic hydroxyl groups excluding tert-OH is 1. The topological polar surface area (TPSA) is 106 Å². The van der Waals surface area contributed by atoms with Crippen molar-refractivity contribution in [1.82, 2.24) is 5.32 Å². The van der Waals surface area contributed by atoms with Gasteiger partial charge >= 0.3 is 0 Å². The third-order valence-electron chi connectivity index (χ3n) is 3.36. The molecule has 1 heterocycles. The van der Waals surface area contributed by atoms with E-state index in [1.807, 2.05) is 0 Å². The Morgan fingerprint density at radius 2 is 2.17 bits per heavy atom. The summed E-state index contributed by atoms with van der Waals surface area (Å²) in [6.45, 7) is 3.43. The summed E-state index contributed by atoms with van der Waals surface area (Å²) in [5, 5.41) is 23.6. The van der Waals surface area contributed by atoms with Gasteiger partial charge < -0.3 is 14.8 Å². The fourth-order valence-corrected chi connectivity index (χ4v) is 2.30. The Balaban J connectivity index is 2.02. The maximum Gasteiger partial charge on any atom is 0.270 e. The molecule has 2 rings (SSSR count). The van der Waals surface area contributed by atoms with E-state index in [1.165, 1.54) is 18.4 Å². The molecule has 122 valence electrons. The van der Waals surface area contributed by atoms with Crippen LogP contribution in [0.2, 0.25) is 0 Å². The predicted octanol–water partition coefficient (Wildman–Crippen LogP) is 2.74. The van der Waals surface area contributed by atoms with Crippen LogP contribution in [0.1, 0.15) is 41.1 Å². The van der Waals surface area contributed by atoms with Crippen molar-refractivity contribution in [1.29, 1.82) is 0 Å². The molecule has 0 spiro atoms. The van der Waals surface area contributed by atoms with Crippen molar-refractivity contribution in [2.24, 2.45) is 0 Å². The minimum Gasteiger partial charge on any atom is -0.467 e. The van der Waals surface area contributed by atoms with Crippen LogP contribution in [0.3, 0.4) is 0 Å². The number of rotatable bonds is 6. The van der Waals surface area contributed by atoms with Crippen LogP contribution in [0, 0.1) is 17.0 Å². The predicted molar refractivity (Wildman–Crippen MR) is 83.0 cm³/mol. The second kappa shape index (κ2) is 7.06. The van der Waals surface area contributed by atoms with Gasteiger partial charge in [-0.1, -0.05) is 0 Å². The third kappa shape index (κ3) is 4.40. The number of nitro benzene ring substituents is 1. The van der Waals surface area contributed by atoms with E-state index in [9.17, 15) is 20.0 Å². The third-order valence-corrected chi connectivity index (χ3v) is 3.36. The normalized spacial score (nSPS) is 13.3. The minimum absolute atomic E-state index is 0.126. The van der Waals surface area contributed by atoms with Gasteiger partial charge in [0.05, 0.1) is 11.2 Å². The number of amides is 1. The van der Waals surface area contributed by atoms with E-state index in [4.69, 9.17) is 4.42 Å². The van der Waals surface area contributed by atoms with Gasteiger partial charge in [-0.3, -0.25) is 14.9 Å². The van der Waals surface area contributed by atoms with E-state index in [-0.39, 0.29) is 23.7 Å². The molecule has 2 unspecified atom stereocenters. The Bertz CT molecular complexity index is 697. The van der Waals surface area contributed by atoms with Crippen molar-refractivity contribution in [3.8, 4) is 0 Å². The molecule has 1 aromatic carbocycles. The molecular formula is C16H18N2O5. The first-order valence-electron chi connectivity index (χ1n) is 7.15. The van der Waals surface area contributed by atoms with Crippen LogP contribution < -0.4 is 5.32 Å². The van der Waals surface area contributed by atoms with Crippen LogP contribution in [-0.4, -0.2) is 22.0 Å². The van der Waals surface area contributed by atoms with Crippen molar-refractivity contribution in [3.05, 3.63) is 63.6 Å². The van der Waals surface area contributed by atoms with Gasteiger partial charge in [0.25, 0.3) is 11.6 Å². The van der Waals surface area contributed by atoms with Crippen LogP contribution in [0.5, 0.6) is 0 Å². The highest BCUT2D eigenvalue weighted by Gasteiger charge is 2.18. The summed E-state index contributed by atoms with van der Waals surface area (Å²) in [6, 6.07) is 7.22. The molecule has 0 saturated heterocycles. The zero-order valence-electron chi connectivity index (χ0n) is 12.9. The average molecular weight is 318 g/mol. The summed E-state index contributed by atoms with van der Waals surface area (Å²) >= 11 is 0. The van der Waals surface area contributed by atoms with E-state index >= 15 is 0 Å². The number of hydrogen-bond donors (Lipinski definition) is 2. The summed E-state index contributed by atoms with van der Waals surface area (Å²) in [6.07, 6.45) is 0.910. The highest BCUT2D eigenvalue weighted by Crippen LogP contribution is 2.20. The molecule has 0 saturated carbocycles. The van der Waals surface area contributed by atoms with Gasteiger partial charge in [-0.05, 0) is 37.6 Å². The molecule has 0 aliphatic heterocycles. The molecule has 7 heteroatoms. The Kier molecular flexibility index (Phi) is 5.13. The average Bonchev–Trinajstić information content (AvgIpc) is 3.00. The smallest absolute Gasteiger partial charge is 0.270 e. The summed E-state index contributed by atoms with van der Waals surface area (Å²) < 4.78 is 5.11. The molecule has 1 amide bonds. The number of nitrogens with zero attached hydrogens (tertiary/aromatic N) is 1. The van der Waals surface area contributed by atoms with Crippen LogP contribution in [0.25, 0.3) is 0 Å².